The highest BCUT2D eigenvalue weighted by molar-refractivity contribution is 7.89. The normalized spacial score (nSPS) is 14.2. The third-order valence-corrected chi connectivity index (χ3v) is 4.77. The summed E-state index contributed by atoms with van der Waals surface area (Å²) in [5.41, 5.74) is -1.32. The molecule has 1 rings (SSSR count). The minimum atomic E-state index is -4.84. The summed E-state index contributed by atoms with van der Waals surface area (Å²) >= 11 is 5.62. The van der Waals surface area contributed by atoms with Gasteiger partial charge in [0.05, 0.1) is 16.7 Å². The lowest BCUT2D eigenvalue weighted by molar-refractivity contribution is -0.139. The standard InChI is InChI=1S/C12H15ClF3NO3S/c1-2-8(18)6-7-17-21(19,20)11-9(12(14,15)16)4-3-5-10(11)13/h3-5,8,17-18H,2,6-7H2,1H3. The van der Waals surface area contributed by atoms with Crippen molar-refractivity contribution in [2.24, 2.45) is 0 Å². The van der Waals surface area contributed by atoms with E-state index in [9.17, 15) is 26.7 Å². The molecule has 0 saturated carbocycles. The van der Waals surface area contributed by atoms with Crippen molar-refractivity contribution in [2.75, 3.05) is 6.54 Å². The van der Waals surface area contributed by atoms with E-state index in [4.69, 9.17) is 11.6 Å². The molecule has 21 heavy (non-hydrogen) atoms. The number of nitrogens with one attached hydrogen (secondary N) is 1. The fraction of sp³-hybridized carbons (Fsp3) is 0.500. The zero-order valence-electron chi connectivity index (χ0n) is 11.1. The van der Waals surface area contributed by atoms with Crippen LogP contribution in [-0.4, -0.2) is 26.2 Å². The van der Waals surface area contributed by atoms with Crippen molar-refractivity contribution in [2.45, 2.75) is 36.9 Å². The second-order valence-electron chi connectivity index (χ2n) is 4.36. The van der Waals surface area contributed by atoms with Gasteiger partial charge < -0.3 is 5.11 Å². The third kappa shape index (κ3) is 4.84. The fourth-order valence-corrected chi connectivity index (χ4v) is 3.45. The van der Waals surface area contributed by atoms with Crippen LogP contribution in [-0.2, 0) is 16.2 Å². The molecule has 1 atom stereocenters. The molecule has 4 nitrogen and oxygen atoms in total. The van der Waals surface area contributed by atoms with E-state index < -0.39 is 37.8 Å². The average Bonchev–Trinajstić information content (AvgIpc) is 2.36. The first-order valence-corrected chi connectivity index (χ1v) is 7.99. The molecule has 0 bridgehead atoms. The van der Waals surface area contributed by atoms with Gasteiger partial charge in [-0.2, -0.15) is 13.2 Å². The Morgan fingerprint density at radius 1 is 1.38 bits per heavy atom. The summed E-state index contributed by atoms with van der Waals surface area (Å²) in [4.78, 5) is -0.995. The minimum absolute atomic E-state index is 0.0987. The van der Waals surface area contributed by atoms with E-state index >= 15 is 0 Å². The molecule has 0 aliphatic rings. The molecule has 1 aromatic carbocycles. The molecule has 0 aliphatic carbocycles. The molecule has 0 saturated heterocycles. The molecule has 0 heterocycles. The van der Waals surface area contributed by atoms with Gasteiger partial charge in [-0.1, -0.05) is 24.6 Å². The highest BCUT2D eigenvalue weighted by Gasteiger charge is 2.38. The average molecular weight is 346 g/mol. The molecule has 0 aromatic heterocycles. The van der Waals surface area contributed by atoms with Gasteiger partial charge in [-0.05, 0) is 25.0 Å². The summed E-state index contributed by atoms with van der Waals surface area (Å²) in [7, 11) is -4.42. The van der Waals surface area contributed by atoms with Gasteiger partial charge in [-0.25, -0.2) is 13.1 Å². The first-order chi connectivity index (χ1) is 9.59. The van der Waals surface area contributed by atoms with Gasteiger partial charge in [0.1, 0.15) is 4.90 Å². The largest absolute Gasteiger partial charge is 0.417 e. The van der Waals surface area contributed by atoms with Crippen LogP contribution in [0.15, 0.2) is 23.1 Å². The van der Waals surface area contributed by atoms with Crippen LogP contribution >= 0.6 is 11.6 Å². The monoisotopic (exact) mass is 345 g/mol. The lowest BCUT2D eigenvalue weighted by Gasteiger charge is -2.15. The van der Waals surface area contributed by atoms with Crippen LogP contribution in [0.5, 0.6) is 0 Å². The van der Waals surface area contributed by atoms with E-state index in [0.717, 1.165) is 12.1 Å². The Bertz CT molecular complexity index is 590. The quantitative estimate of drug-likeness (QED) is 0.833. The van der Waals surface area contributed by atoms with Crippen LogP contribution in [0.2, 0.25) is 5.02 Å². The van der Waals surface area contributed by atoms with Crippen molar-refractivity contribution >= 4 is 21.6 Å². The number of alkyl halides is 3. The Balaban J connectivity index is 3.09. The number of aliphatic hydroxyl groups is 1. The van der Waals surface area contributed by atoms with Crippen LogP contribution in [0, 0.1) is 0 Å². The number of benzene rings is 1. The molecule has 0 aliphatic heterocycles. The molecule has 2 N–H and O–H groups in total. The predicted molar refractivity (Wildman–Crippen MR) is 72.6 cm³/mol. The number of rotatable bonds is 6. The number of halogens is 4. The summed E-state index contributed by atoms with van der Waals surface area (Å²) < 4.78 is 64.7. The summed E-state index contributed by atoms with van der Waals surface area (Å²) in [5, 5.41) is 8.82. The van der Waals surface area contributed by atoms with Gasteiger partial charge in [0.2, 0.25) is 10.0 Å². The number of hydrogen-bond acceptors (Lipinski definition) is 3. The molecule has 0 radical (unpaired) electrons. The van der Waals surface area contributed by atoms with Crippen LogP contribution in [0.1, 0.15) is 25.3 Å². The van der Waals surface area contributed by atoms with Crippen molar-refractivity contribution in [3.05, 3.63) is 28.8 Å². The van der Waals surface area contributed by atoms with E-state index in [1.165, 1.54) is 0 Å². The van der Waals surface area contributed by atoms with E-state index in [0.29, 0.717) is 12.5 Å². The second-order valence-corrected chi connectivity index (χ2v) is 6.47. The van der Waals surface area contributed by atoms with E-state index in [2.05, 4.69) is 0 Å². The fourth-order valence-electron chi connectivity index (χ4n) is 1.64. The van der Waals surface area contributed by atoms with Crippen molar-refractivity contribution in [3.8, 4) is 0 Å². The predicted octanol–water partition coefficient (Wildman–Crippen LogP) is 2.80. The lowest BCUT2D eigenvalue weighted by atomic mass is 10.2. The number of aliphatic hydroxyl groups excluding tert-OH is 1. The molecule has 1 unspecified atom stereocenters. The second kappa shape index (κ2) is 6.95. The van der Waals surface area contributed by atoms with Gasteiger partial charge in [-0.15, -0.1) is 0 Å². The first-order valence-electron chi connectivity index (χ1n) is 6.13. The summed E-state index contributed by atoms with van der Waals surface area (Å²) in [6.45, 7) is 1.52. The molecule has 0 spiro atoms. The Hall–Kier alpha value is -0.830. The summed E-state index contributed by atoms with van der Waals surface area (Å²) in [5.74, 6) is 0. The summed E-state index contributed by atoms with van der Waals surface area (Å²) in [6.07, 6.45) is -5.04. The topological polar surface area (TPSA) is 66.4 Å². The highest BCUT2D eigenvalue weighted by atomic mass is 35.5. The van der Waals surface area contributed by atoms with Crippen LogP contribution in [0.3, 0.4) is 0 Å². The minimum Gasteiger partial charge on any atom is -0.393 e. The summed E-state index contributed by atoms with van der Waals surface area (Å²) in [6, 6.07) is 2.76. The first kappa shape index (κ1) is 18.2. The maximum absolute atomic E-state index is 12.9. The Kier molecular flexibility index (Phi) is 6.03. The molecular weight excluding hydrogens is 331 g/mol. The van der Waals surface area contributed by atoms with Crippen molar-refractivity contribution in [1.29, 1.82) is 0 Å². The Labute approximate surface area is 126 Å². The van der Waals surface area contributed by atoms with Crippen molar-refractivity contribution < 1.29 is 26.7 Å². The molecule has 1 aromatic rings. The third-order valence-electron chi connectivity index (χ3n) is 2.78. The van der Waals surface area contributed by atoms with Crippen LogP contribution in [0.25, 0.3) is 0 Å². The van der Waals surface area contributed by atoms with Gasteiger partial charge in [0.15, 0.2) is 0 Å². The van der Waals surface area contributed by atoms with E-state index in [-0.39, 0.29) is 13.0 Å². The van der Waals surface area contributed by atoms with E-state index in [1.54, 1.807) is 6.92 Å². The molecule has 0 amide bonds. The number of hydrogen-bond donors (Lipinski definition) is 2. The molecule has 0 fully saturated rings. The van der Waals surface area contributed by atoms with Crippen LogP contribution in [0.4, 0.5) is 13.2 Å². The molecular formula is C12H15ClF3NO3S. The maximum Gasteiger partial charge on any atom is 0.417 e. The molecule has 9 heteroatoms. The zero-order chi connectivity index (χ0) is 16.3. The van der Waals surface area contributed by atoms with Crippen molar-refractivity contribution in [3.63, 3.8) is 0 Å². The number of sulfonamides is 1. The van der Waals surface area contributed by atoms with E-state index in [1.807, 2.05) is 4.72 Å². The van der Waals surface area contributed by atoms with Crippen LogP contribution < -0.4 is 4.72 Å². The lowest BCUT2D eigenvalue weighted by Crippen LogP contribution is -2.29. The van der Waals surface area contributed by atoms with Gasteiger partial charge >= 0.3 is 6.18 Å². The van der Waals surface area contributed by atoms with Crippen molar-refractivity contribution in [1.82, 2.24) is 4.72 Å². The zero-order valence-corrected chi connectivity index (χ0v) is 12.7. The highest BCUT2D eigenvalue weighted by Crippen LogP contribution is 2.37. The Morgan fingerprint density at radius 2 is 2.00 bits per heavy atom. The van der Waals surface area contributed by atoms with Gasteiger partial charge in [0.25, 0.3) is 0 Å². The van der Waals surface area contributed by atoms with Gasteiger partial charge in [0, 0.05) is 6.54 Å². The Morgan fingerprint density at radius 3 is 2.52 bits per heavy atom. The molecule has 120 valence electrons. The van der Waals surface area contributed by atoms with Gasteiger partial charge in [-0.3, -0.25) is 0 Å². The SMILES string of the molecule is CCC(O)CCNS(=O)(=O)c1c(Cl)cccc1C(F)(F)F. The maximum atomic E-state index is 12.9. The smallest absolute Gasteiger partial charge is 0.393 e.